The van der Waals surface area contributed by atoms with Gasteiger partial charge in [-0.05, 0) is 32.1 Å². The van der Waals surface area contributed by atoms with Crippen LogP contribution in [0.2, 0.25) is 0 Å². The van der Waals surface area contributed by atoms with Gasteiger partial charge in [-0.25, -0.2) is 0 Å². The van der Waals surface area contributed by atoms with Crippen LogP contribution in [0.1, 0.15) is 32.6 Å². The Labute approximate surface area is 103 Å². The first-order valence-corrected chi connectivity index (χ1v) is 5.88. The molecule has 106 valence electrons. The van der Waals surface area contributed by atoms with Gasteiger partial charge in [0, 0.05) is 6.61 Å². The van der Waals surface area contributed by atoms with Gasteiger partial charge in [0.15, 0.2) is 6.10 Å². The maximum absolute atomic E-state index is 12.2. The third kappa shape index (κ3) is 3.35. The zero-order valence-electron chi connectivity index (χ0n) is 10.2. The average Bonchev–Trinajstić information content (AvgIpc) is 2.60. The van der Waals surface area contributed by atoms with E-state index < -0.39 is 23.8 Å². The van der Waals surface area contributed by atoms with Gasteiger partial charge in [-0.15, -0.1) is 0 Å². The summed E-state index contributed by atoms with van der Waals surface area (Å²) in [5.74, 6) is -1.41. The Kier molecular flexibility index (Phi) is 4.61. The van der Waals surface area contributed by atoms with Crippen LogP contribution in [0.3, 0.4) is 0 Å². The lowest BCUT2D eigenvalue weighted by Crippen LogP contribution is -2.51. The molecule has 0 bridgehead atoms. The lowest BCUT2D eigenvalue weighted by Gasteiger charge is -2.27. The van der Waals surface area contributed by atoms with Crippen LogP contribution in [-0.4, -0.2) is 35.5 Å². The molecule has 0 aliphatic heterocycles. The van der Waals surface area contributed by atoms with Crippen LogP contribution in [0, 0.1) is 5.92 Å². The first-order chi connectivity index (χ1) is 8.18. The van der Waals surface area contributed by atoms with Gasteiger partial charge in [0.2, 0.25) is 0 Å². The monoisotopic (exact) mass is 269 g/mol. The highest BCUT2D eigenvalue weighted by Crippen LogP contribution is 2.36. The van der Waals surface area contributed by atoms with Crippen LogP contribution in [0.5, 0.6) is 0 Å². The fourth-order valence-electron chi connectivity index (χ4n) is 2.27. The van der Waals surface area contributed by atoms with Crippen LogP contribution in [0.25, 0.3) is 0 Å². The van der Waals surface area contributed by atoms with Gasteiger partial charge in [-0.2, -0.15) is 13.2 Å². The second kappa shape index (κ2) is 5.44. The smallest absolute Gasteiger partial charge is 0.414 e. The average molecular weight is 269 g/mol. The molecule has 3 unspecified atom stereocenters. The number of rotatable bonds is 5. The van der Waals surface area contributed by atoms with Gasteiger partial charge in [-0.1, -0.05) is 6.42 Å². The minimum absolute atomic E-state index is 0.127. The summed E-state index contributed by atoms with van der Waals surface area (Å²) in [5.41, 5.74) is 4.46. The molecule has 1 saturated carbocycles. The molecule has 0 aromatic carbocycles. The number of hydrogen-bond donors (Lipinski definition) is 2. The molecular weight excluding hydrogens is 251 g/mol. The molecular formula is C11H18F3NO3. The Hall–Kier alpha value is -0.820. The molecule has 0 aromatic heterocycles. The number of ether oxygens (including phenoxy) is 1. The Bertz CT molecular complexity index is 308. The van der Waals surface area contributed by atoms with Crippen molar-refractivity contribution < 1.29 is 27.8 Å². The largest absolute Gasteiger partial charge is 0.480 e. The number of nitrogens with two attached hydrogens (primary N) is 1. The van der Waals surface area contributed by atoms with Gasteiger partial charge in [0.05, 0.1) is 0 Å². The zero-order chi connectivity index (χ0) is 14.0. The summed E-state index contributed by atoms with van der Waals surface area (Å²) in [6, 6.07) is 0. The summed E-state index contributed by atoms with van der Waals surface area (Å²) in [7, 11) is 0. The Morgan fingerprint density at radius 3 is 2.72 bits per heavy atom. The summed E-state index contributed by atoms with van der Waals surface area (Å²) in [6.07, 6.45) is -4.32. The van der Waals surface area contributed by atoms with Crippen molar-refractivity contribution in [1.29, 1.82) is 0 Å². The molecule has 0 amide bonds. The third-order valence-corrected chi connectivity index (χ3v) is 3.56. The Morgan fingerprint density at radius 2 is 2.22 bits per heavy atom. The van der Waals surface area contributed by atoms with E-state index in [9.17, 15) is 18.0 Å². The van der Waals surface area contributed by atoms with E-state index in [0.717, 1.165) is 6.92 Å². The molecule has 0 saturated heterocycles. The van der Waals surface area contributed by atoms with Crippen molar-refractivity contribution in [2.24, 2.45) is 11.7 Å². The minimum Gasteiger partial charge on any atom is -0.480 e. The number of aliphatic carboxylic acids is 1. The predicted octanol–water partition coefficient (Wildman–Crippen LogP) is 1.93. The lowest BCUT2D eigenvalue weighted by molar-refractivity contribution is -0.215. The fourth-order valence-corrected chi connectivity index (χ4v) is 2.27. The predicted molar refractivity (Wildman–Crippen MR) is 58.0 cm³/mol. The molecule has 7 heteroatoms. The fraction of sp³-hybridized carbons (Fsp3) is 0.909. The van der Waals surface area contributed by atoms with E-state index >= 15 is 0 Å². The maximum atomic E-state index is 12.2. The normalized spacial score (nSPS) is 30.4. The van der Waals surface area contributed by atoms with Gasteiger partial charge in [0.25, 0.3) is 0 Å². The molecule has 0 heterocycles. The maximum Gasteiger partial charge on any atom is 0.414 e. The number of carboxylic acids is 1. The highest BCUT2D eigenvalue weighted by molar-refractivity contribution is 5.79. The third-order valence-electron chi connectivity index (χ3n) is 3.56. The second-order valence-corrected chi connectivity index (χ2v) is 4.78. The highest BCUT2D eigenvalue weighted by Gasteiger charge is 2.45. The van der Waals surface area contributed by atoms with E-state index in [1.807, 2.05) is 0 Å². The molecule has 4 nitrogen and oxygen atoms in total. The lowest BCUT2D eigenvalue weighted by atomic mass is 9.86. The van der Waals surface area contributed by atoms with Crippen molar-refractivity contribution in [3.8, 4) is 0 Å². The van der Waals surface area contributed by atoms with Gasteiger partial charge in [-0.3, -0.25) is 4.79 Å². The van der Waals surface area contributed by atoms with Crippen LogP contribution in [0.15, 0.2) is 0 Å². The molecule has 0 aromatic rings. The van der Waals surface area contributed by atoms with E-state index in [1.54, 1.807) is 0 Å². The van der Waals surface area contributed by atoms with E-state index in [2.05, 4.69) is 4.74 Å². The van der Waals surface area contributed by atoms with Crippen molar-refractivity contribution in [3.05, 3.63) is 0 Å². The Balaban J connectivity index is 2.42. The summed E-state index contributed by atoms with van der Waals surface area (Å²) in [4.78, 5) is 11.0. The van der Waals surface area contributed by atoms with Crippen LogP contribution >= 0.6 is 0 Å². The summed E-state index contributed by atoms with van der Waals surface area (Å²) < 4.78 is 41.2. The number of carboxylic acid groups (broad SMARTS) is 1. The number of halogens is 3. The molecule has 3 N–H and O–H groups in total. The number of alkyl halides is 3. The van der Waals surface area contributed by atoms with E-state index in [0.29, 0.717) is 19.3 Å². The number of carbonyl (C=O) groups is 1. The highest BCUT2D eigenvalue weighted by atomic mass is 19.4. The number of hydrogen-bond acceptors (Lipinski definition) is 3. The first kappa shape index (κ1) is 15.2. The zero-order valence-corrected chi connectivity index (χ0v) is 10.2. The molecule has 1 rings (SSSR count). The van der Waals surface area contributed by atoms with Crippen molar-refractivity contribution in [3.63, 3.8) is 0 Å². The van der Waals surface area contributed by atoms with E-state index in [1.165, 1.54) is 0 Å². The molecule has 1 fully saturated rings. The van der Waals surface area contributed by atoms with Crippen LogP contribution in [0.4, 0.5) is 13.2 Å². The first-order valence-electron chi connectivity index (χ1n) is 5.88. The SMILES string of the molecule is CC(OCCC1CCCC1(N)C(=O)O)C(F)(F)F. The molecule has 18 heavy (non-hydrogen) atoms. The van der Waals surface area contributed by atoms with Gasteiger partial charge >= 0.3 is 12.1 Å². The second-order valence-electron chi connectivity index (χ2n) is 4.78. The quantitative estimate of drug-likeness (QED) is 0.799. The van der Waals surface area contributed by atoms with E-state index in [-0.39, 0.29) is 18.9 Å². The summed E-state index contributed by atoms with van der Waals surface area (Å²) >= 11 is 0. The van der Waals surface area contributed by atoms with E-state index in [4.69, 9.17) is 10.8 Å². The molecule has 1 aliphatic rings. The standard InChI is InChI=1S/C11H18F3NO3/c1-7(11(12,13)14)18-6-4-8-3-2-5-10(8,15)9(16)17/h7-8H,2-6,15H2,1H3,(H,16,17). The van der Waals surface area contributed by atoms with Crippen molar-refractivity contribution in [2.45, 2.75) is 50.4 Å². The van der Waals surface area contributed by atoms with Crippen LogP contribution < -0.4 is 5.73 Å². The Morgan fingerprint density at radius 1 is 1.61 bits per heavy atom. The topological polar surface area (TPSA) is 72.5 Å². The van der Waals surface area contributed by atoms with Crippen molar-refractivity contribution in [2.75, 3.05) is 6.61 Å². The van der Waals surface area contributed by atoms with Gasteiger partial charge in [0.1, 0.15) is 5.54 Å². The van der Waals surface area contributed by atoms with Crippen molar-refractivity contribution >= 4 is 5.97 Å². The molecule has 1 aliphatic carbocycles. The minimum atomic E-state index is -4.39. The molecule has 0 spiro atoms. The van der Waals surface area contributed by atoms with Gasteiger partial charge < -0.3 is 15.6 Å². The summed E-state index contributed by atoms with van der Waals surface area (Å²) in [6.45, 7) is 0.805. The van der Waals surface area contributed by atoms with Crippen LogP contribution in [-0.2, 0) is 9.53 Å². The van der Waals surface area contributed by atoms with Crippen molar-refractivity contribution in [1.82, 2.24) is 0 Å². The summed E-state index contributed by atoms with van der Waals surface area (Å²) in [5, 5.41) is 9.03. The molecule has 0 radical (unpaired) electrons. The molecule has 3 atom stereocenters.